The minimum absolute atomic E-state index is 0.235. The van der Waals surface area contributed by atoms with Crippen molar-refractivity contribution in [1.29, 1.82) is 0 Å². The lowest BCUT2D eigenvalue weighted by molar-refractivity contribution is -0.149. The van der Waals surface area contributed by atoms with Crippen molar-refractivity contribution in [3.8, 4) is 0 Å². The Balaban J connectivity index is 2.32. The number of benzene rings is 1. The number of carbonyl (C=O) groups excluding carboxylic acids is 1. The standard InChI is InChI=1S/C16H22O3/c1-5-10-16(14(17)18-6-2)15(4,19-16)13-9-7-8-12(3)11-13/h7-9,11H,5-6,10H2,1-4H3. The molecular formula is C16H22O3. The van der Waals surface area contributed by atoms with E-state index < -0.39 is 11.2 Å². The van der Waals surface area contributed by atoms with Crippen LogP contribution in [0.2, 0.25) is 0 Å². The average Bonchev–Trinajstić information content (AvgIpc) is 2.98. The summed E-state index contributed by atoms with van der Waals surface area (Å²) in [5.41, 5.74) is 0.866. The Hall–Kier alpha value is -1.35. The van der Waals surface area contributed by atoms with Crippen LogP contribution in [0.1, 0.15) is 44.7 Å². The van der Waals surface area contributed by atoms with Crippen molar-refractivity contribution in [1.82, 2.24) is 0 Å². The normalized spacial score (nSPS) is 29.1. The lowest BCUT2D eigenvalue weighted by Gasteiger charge is -2.16. The van der Waals surface area contributed by atoms with Crippen LogP contribution in [0.15, 0.2) is 24.3 Å². The zero-order valence-corrected chi connectivity index (χ0v) is 12.2. The number of aryl methyl sites for hydroxylation is 1. The molecule has 0 N–H and O–H groups in total. The lowest BCUT2D eigenvalue weighted by Crippen LogP contribution is -2.33. The van der Waals surface area contributed by atoms with Crippen LogP contribution in [0.25, 0.3) is 0 Å². The van der Waals surface area contributed by atoms with Gasteiger partial charge in [0.25, 0.3) is 0 Å². The van der Waals surface area contributed by atoms with Gasteiger partial charge in [-0.25, -0.2) is 4.79 Å². The molecule has 1 aliphatic heterocycles. The fourth-order valence-electron chi connectivity index (χ4n) is 2.78. The van der Waals surface area contributed by atoms with Crippen molar-refractivity contribution >= 4 is 5.97 Å². The molecule has 0 spiro atoms. The summed E-state index contributed by atoms with van der Waals surface area (Å²) >= 11 is 0. The minimum Gasteiger partial charge on any atom is -0.464 e. The van der Waals surface area contributed by atoms with Gasteiger partial charge in [-0.3, -0.25) is 0 Å². The summed E-state index contributed by atoms with van der Waals surface area (Å²) in [7, 11) is 0. The first kappa shape index (κ1) is 14.1. The zero-order valence-electron chi connectivity index (χ0n) is 12.2. The largest absolute Gasteiger partial charge is 0.464 e. The summed E-state index contributed by atoms with van der Waals surface area (Å²) < 4.78 is 11.1. The van der Waals surface area contributed by atoms with Crippen LogP contribution in [0, 0.1) is 6.92 Å². The summed E-state index contributed by atoms with van der Waals surface area (Å²) in [4.78, 5) is 12.2. The molecule has 3 nitrogen and oxygen atoms in total. The fraction of sp³-hybridized carbons (Fsp3) is 0.562. The van der Waals surface area contributed by atoms with Gasteiger partial charge in [0.05, 0.1) is 6.61 Å². The first-order valence-corrected chi connectivity index (χ1v) is 6.94. The van der Waals surface area contributed by atoms with Crippen LogP contribution >= 0.6 is 0 Å². The molecule has 0 radical (unpaired) electrons. The van der Waals surface area contributed by atoms with Crippen molar-refractivity contribution < 1.29 is 14.3 Å². The van der Waals surface area contributed by atoms with Crippen molar-refractivity contribution in [2.75, 3.05) is 6.61 Å². The summed E-state index contributed by atoms with van der Waals surface area (Å²) in [6, 6.07) is 8.14. The van der Waals surface area contributed by atoms with Gasteiger partial charge in [-0.1, -0.05) is 43.2 Å². The Morgan fingerprint density at radius 2 is 2.11 bits per heavy atom. The van der Waals surface area contributed by atoms with Gasteiger partial charge < -0.3 is 9.47 Å². The molecule has 104 valence electrons. The number of carbonyl (C=O) groups is 1. The number of epoxide rings is 1. The third-order valence-corrected chi connectivity index (χ3v) is 3.88. The third-order valence-electron chi connectivity index (χ3n) is 3.88. The minimum atomic E-state index is -0.800. The van der Waals surface area contributed by atoms with E-state index in [1.807, 2.05) is 39.0 Å². The molecule has 1 heterocycles. The number of hydrogen-bond donors (Lipinski definition) is 0. The fourth-order valence-corrected chi connectivity index (χ4v) is 2.78. The zero-order chi connectivity index (χ0) is 14.1. The molecular weight excluding hydrogens is 240 g/mol. The SMILES string of the molecule is CCCC1(C(=O)OCC)OC1(C)c1cccc(C)c1. The maximum absolute atomic E-state index is 12.2. The van der Waals surface area contributed by atoms with Crippen LogP contribution in [0.4, 0.5) is 0 Å². The van der Waals surface area contributed by atoms with Crippen molar-refractivity contribution in [3.05, 3.63) is 35.4 Å². The number of hydrogen-bond acceptors (Lipinski definition) is 3. The topological polar surface area (TPSA) is 38.8 Å². The third kappa shape index (κ3) is 2.16. The van der Waals surface area contributed by atoms with E-state index in [0.29, 0.717) is 13.0 Å². The van der Waals surface area contributed by atoms with E-state index in [1.165, 1.54) is 5.56 Å². The lowest BCUT2D eigenvalue weighted by atomic mass is 9.84. The molecule has 1 fully saturated rings. The predicted molar refractivity (Wildman–Crippen MR) is 73.9 cm³/mol. The van der Waals surface area contributed by atoms with Gasteiger partial charge in [0.15, 0.2) is 5.60 Å². The van der Waals surface area contributed by atoms with Gasteiger partial charge in [-0.15, -0.1) is 0 Å². The highest BCUT2D eigenvalue weighted by atomic mass is 16.7. The molecule has 1 aromatic carbocycles. The van der Waals surface area contributed by atoms with Gasteiger partial charge in [0.2, 0.25) is 0 Å². The van der Waals surface area contributed by atoms with Crippen LogP contribution in [0.5, 0.6) is 0 Å². The summed E-state index contributed by atoms with van der Waals surface area (Å²) in [6.07, 6.45) is 1.58. The molecule has 2 unspecified atom stereocenters. The van der Waals surface area contributed by atoms with Gasteiger partial charge in [0, 0.05) is 0 Å². The van der Waals surface area contributed by atoms with E-state index in [4.69, 9.17) is 9.47 Å². The highest BCUT2D eigenvalue weighted by Crippen LogP contribution is 2.58. The highest BCUT2D eigenvalue weighted by molar-refractivity contribution is 5.85. The van der Waals surface area contributed by atoms with Gasteiger partial charge >= 0.3 is 5.97 Å². The number of rotatable bonds is 5. The monoisotopic (exact) mass is 262 g/mol. The van der Waals surface area contributed by atoms with E-state index in [-0.39, 0.29) is 5.97 Å². The molecule has 0 aromatic heterocycles. The van der Waals surface area contributed by atoms with E-state index in [0.717, 1.165) is 12.0 Å². The van der Waals surface area contributed by atoms with Crippen molar-refractivity contribution in [2.24, 2.45) is 0 Å². The molecule has 2 atom stereocenters. The van der Waals surface area contributed by atoms with Gasteiger partial charge in [-0.05, 0) is 32.8 Å². The molecule has 1 aliphatic rings. The van der Waals surface area contributed by atoms with E-state index in [2.05, 4.69) is 13.0 Å². The molecule has 19 heavy (non-hydrogen) atoms. The Bertz CT molecular complexity index is 483. The second-order valence-electron chi connectivity index (χ2n) is 5.30. The first-order valence-electron chi connectivity index (χ1n) is 6.94. The van der Waals surface area contributed by atoms with Crippen molar-refractivity contribution in [2.45, 2.75) is 51.7 Å². The quantitative estimate of drug-likeness (QED) is 0.603. The molecule has 3 heteroatoms. The molecule has 2 rings (SSSR count). The molecule has 1 aromatic rings. The Kier molecular flexibility index (Phi) is 3.68. The predicted octanol–water partition coefficient (Wildman–Crippen LogP) is 3.34. The number of ether oxygens (including phenoxy) is 2. The van der Waals surface area contributed by atoms with Gasteiger partial charge in [-0.2, -0.15) is 0 Å². The first-order chi connectivity index (χ1) is 9.00. The second kappa shape index (κ2) is 4.97. The van der Waals surface area contributed by atoms with Crippen LogP contribution in [-0.2, 0) is 19.9 Å². The Morgan fingerprint density at radius 1 is 1.37 bits per heavy atom. The molecule has 0 saturated carbocycles. The van der Waals surface area contributed by atoms with Gasteiger partial charge in [0.1, 0.15) is 5.60 Å². The molecule has 0 amide bonds. The summed E-state index contributed by atoms with van der Waals surface area (Å²) in [5, 5.41) is 0. The maximum Gasteiger partial charge on any atom is 0.341 e. The highest BCUT2D eigenvalue weighted by Gasteiger charge is 2.73. The molecule has 1 saturated heterocycles. The van der Waals surface area contributed by atoms with Crippen LogP contribution in [-0.4, -0.2) is 18.2 Å². The molecule has 0 aliphatic carbocycles. The van der Waals surface area contributed by atoms with E-state index in [1.54, 1.807) is 0 Å². The number of esters is 1. The van der Waals surface area contributed by atoms with Crippen LogP contribution in [0.3, 0.4) is 0 Å². The van der Waals surface area contributed by atoms with Crippen molar-refractivity contribution in [3.63, 3.8) is 0 Å². The summed E-state index contributed by atoms with van der Waals surface area (Å²) in [6.45, 7) is 8.29. The Labute approximate surface area is 114 Å². The summed E-state index contributed by atoms with van der Waals surface area (Å²) in [5.74, 6) is -0.235. The van der Waals surface area contributed by atoms with E-state index in [9.17, 15) is 4.79 Å². The smallest absolute Gasteiger partial charge is 0.341 e. The second-order valence-corrected chi connectivity index (χ2v) is 5.30. The maximum atomic E-state index is 12.2. The van der Waals surface area contributed by atoms with E-state index >= 15 is 0 Å². The molecule has 0 bridgehead atoms. The van der Waals surface area contributed by atoms with Crippen LogP contribution < -0.4 is 0 Å². The Morgan fingerprint density at radius 3 is 2.68 bits per heavy atom. The average molecular weight is 262 g/mol.